The Morgan fingerprint density at radius 3 is 2.59 bits per heavy atom. The summed E-state index contributed by atoms with van der Waals surface area (Å²) in [5.74, 6) is -3.42. The number of benzene rings is 3. The molecule has 4 rings (SSSR count). The number of anilines is 1. The number of alkyl halides is 2. The van der Waals surface area contributed by atoms with Crippen molar-refractivity contribution >= 4 is 27.3 Å². The number of fused-ring (bicyclic) bond motifs is 1. The van der Waals surface area contributed by atoms with Crippen molar-refractivity contribution in [2.75, 3.05) is 10.8 Å². The van der Waals surface area contributed by atoms with Crippen LogP contribution in [0.15, 0.2) is 65.6 Å². The van der Waals surface area contributed by atoms with Gasteiger partial charge < -0.3 is 10.5 Å². The second-order valence-corrected chi connectivity index (χ2v) is 10.5. The Bertz CT molecular complexity index is 1310. The van der Waals surface area contributed by atoms with Crippen LogP contribution in [0.2, 0.25) is 5.02 Å². The number of nitrogens with two attached hydrogens (primary N) is 1. The molecule has 0 bridgehead atoms. The molecule has 10 heteroatoms. The minimum absolute atomic E-state index is 0.0370. The van der Waals surface area contributed by atoms with Crippen LogP contribution in [0.5, 0.6) is 5.75 Å². The van der Waals surface area contributed by atoms with Gasteiger partial charge in [-0.25, -0.2) is 21.6 Å². The summed E-state index contributed by atoms with van der Waals surface area (Å²) in [7, 11) is -4.21. The van der Waals surface area contributed by atoms with Crippen molar-refractivity contribution in [3.05, 3.63) is 88.2 Å². The van der Waals surface area contributed by atoms with E-state index in [1.807, 2.05) is 0 Å². The molecule has 34 heavy (non-hydrogen) atoms. The summed E-state index contributed by atoms with van der Waals surface area (Å²) in [6, 6.07) is 13.3. The van der Waals surface area contributed by atoms with Gasteiger partial charge in [-0.05, 0) is 42.3 Å². The van der Waals surface area contributed by atoms with E-state index in [-0.39, 0.29) is 28.6 Å². The summed E-state index contributed by atoms with van der Waals surface area (Å²) in [6.45, 7) is 0.505. The Morgan fingerprint density at radius 2 is 1.88 bits per heavy atom. The molecule has 0 aromatic heterocycles. The van der Waals surface area contributed by atoms with Gasteiger partial charge >= 0.3 is 0 Å². The van der Waals surface area contributed by atoms with Crippen molar-refractivity contribution in [3.63, 3.8) is 0 Å². The lowest BCUT2D eigenvalue weighted by Gasteiger charge is -2.34. The van der Waals surface area contributed by atoms with Crippen molar-refractivity contribution < 1.29 is 26.3 Å². The Hall–Kier alpha value is -2.75. The number of rotatable bonds is 6. The maximum atomic E-state index is 14.1. The number of ether oxygens (including phenoxy) is 1. The number of sulfonamides is 1. The molecule has 3 aromatic carbocycles. The molecule has 3 aromatic rings. The van der Waals surface area contributed by atoms with Gasteiger partial charge in [0, 0.05) is 36.7 Å². The summed E-state index contributed by atoms with van der Waals surface area (Å²) in [5, 5.41) is 0.209. The van der Waals surface area contributed by atoms with Gasteiger partial charge in [0.05, 0.1) is 15.6 Å². The average Bonchev–Trinajstić information content (AvgIpc) is 2.78. The van der Waals surface area contributed by atoms with E-state index < -0.39 is 33.4 Å². The second-order valence-electron chi connectivity index (χ2n) is 8.20. The fourth-order valence-electron chi connectivity index (χ4n) is 3.81. The molecule has 5 nitrogen and oxygen atoms in total. The van der Waals surface area contributed by atoms with Crippen molar-refractivity contribution in [1.82, 2.24) is 0 Å². The third kappa shape index (κ3) is 4.87. The van der Waals surface area contributed by atoms with Gasteiger partial charge in [0.25, 0.3) is 15.9 Å². The van der Waals surface area contributed by atoms with Crippen LogP contribution in [0.3, 0.4) is 0 Å². The SMILES string of the molecule is CC(F)(F)c1cccc(S(=O)(=O)N2CC(N)Cc3ccc(OCc4c(F)cccc4Cl)cc32)c1. The van der Waals surface area contributed by atoms with Crippen LogP contribution in [0.1, 0.15) is 23.6 Å². The number of hydrogen-bond donors (Lipinski definition) is 1. The quantitative estimate of drug-likeness (QED) is 0.491. The van der Waals surface area contributed by atoms with E-state index in [0.717, 1.165) is 10.4 Å². The molecule has 180 valence electrons. The maximum Gasteiger partial charge on any atom is 0.270 e. The minimum Gasteiger partial charge on any atom is -0.489 e. The molecule has 0 aliphatic carbocycles. The zero-order chi connectivity index (χ0) is 24.7. The summed E-state index contributed by atoms with van der Waals surface area (Å²) >= 11 is 6.05. The largest absolute Gasteiger partial charge is 0.489 e. The third-order valence-electron chi connectivity index (χ3n) is 5.58. The molecule has 1 heterocycles. The highest BCUT2D eigenvalue weighted by molar-refractivity contribution is 7.92. The Morgan fingerprint density at radius 1 is 1.15 bits per heavy atom. The van der Waals surface area contributed by atoms with E-state index >= 15 is 0 Å². The topological polar surface area (TPSA) is 72.6 Å². The Balaban J connectivity index is 1.69. The lowest BCUT2D eigenvalue weighted by Crippen LogP contribution is -2.46. The average molecular weight is 511 g/mol. The van der Waals surface area contributed by atoms with Gasteiger partial charge in [-0.2, -0.15) is 0 Å². The van der Waals surface area contributed by atoms with Crippen LogP contribution in [-0.2, 0) is 29.0 Å². The first-order valence-corrected chi connectivity index (χ1v) is 12.2. The molecule has 1 unspecified atom stereocenters. The van der Waals surface area contributed by atoms with Crippen LogP contribution in [0.4, 0.5) is 18.9 Å². The van der Waals surface area contributed by atoms with Gasteiger partial charge in [0.1, 0.15) is 18.2 Å². The number of hydrogen-bond acceptors (Lipinski definition) is 4. The van der Waals surface area contributed by atoms with Gasteiger partial charge in [-0.15, -0.1) is 0 Å². The van der Waals surface area contributed by atoms with E-state index in [9.17, 15) is 21.6 Å². The molecule has 1 atom stereocenters. The zero-order valence-electron chi connectivity index (χ0n) is 18.1. The molecule has 1 aliphatic rings. The minimum atomic E-state index is -4.21. The molecule has 1 aliphatic heterocycles. The molecule has 0 amide bonds. The fourth-order valence-corrected chi connectivity index (χ4v) is 5.62. The van der Waals surface area contributed by atoms with E-state index in [1.54, 1.807) is 18.2 Å². The smallest absolute Gasteiger partial charge is 0.270 e. The Labute approximate surface area is 201 Å². The highest BCUT2D eigenvalue weighted by Gasteiger charge is 2.34. The van der Waals surface area contributed by atoms with Crippen molar-refractivity contribution in [1.29, 1.82) is 0 Å². The van der Waals surface area contributed by atoms with Crippen molar-refractivity contribution in [2.45, 2.75) is 36.8 Å². The van der Waals surface area contributed by atoms with Crippen LogP contribution in [-0.4, -0.2) is 21.0 Å². The summed E-state index contributed by atoms with van der Waals surface area (Å²) in [6.07, 6.45) is 0.424. The first kappa shape index (κ1) is 24.4. The standard InChI is InChI=1S/C24H22ClF3N2O3S/c1-24(27,28)16-4-2-5-19(11-16)34(31,32)30-13-17(29)10-15-8-9-18(12-23(15)30)33-14-20-21(25)6-3-7-22(20)26/h2-9,11-12,17H,10,13-14,29H2,1H3. The van der Waals surface area contributed by atoms with Crippen molar-refractivity contribution in [2.24, 2.45) is 5.73 Å². The Kier molecular flexibility index (Phi) is 6.54. The van der Waals surface area contributed by atoms with Crippen LogP contribution < -0.4 is 14.8 Å². The maximum absolute atomic E-state index is 14.1. The molecular formula is C24H22ClF3N2O3S. The van der Waals surface area contributed by atoms with Crippen molar-refractivity contribution in [3.8, 4) is 5.75 Å². The summed E-state index contributed by atoms with van der Waals surface area (Å²) in [5.41, 5.74) is 6.86. The number of halogens is 4. The van der Waals surface area contributed by atoms with Crippen LogP contribution in [0, 0.1) is 5.82 Å². The first-order chi connectivity index (χ1) is 16.0. The molecule has 0 saturated carbocycles. The summed E-state index contributed by atoms with van der Waals surface area (Å²) in [4.78, 5) is -0.268. The zero-order valence-corrected chi connectivity index (χ0v) is 19.7. The normalized spacial score (nSPS) is 16.3. The third-order valence-corrected chi connectivity index (χ3v) is 7.71. The van der Waals surface area contributed by atoms with Crippen LogP contribution >= 0.6 is 11.6 Å². The number of nitrogens with zero attached hydrogens (tertiary/aromatic N) is 1. The van der Waals surface area contributed by atoms with Crippen LogP contribution in [0.25, 0.3) is 0 Å². The molecular weight excluding hydrogens is 489 g/mol. The molecule has 0 fully saturated rings. The first-order valence-electron chi connectivity index (χ1n) is 10.4. The highest BCUT2D eigenvalue weighted by Crippen LogP contribution is 2.36. The predicted molar refractivity (Wildman–Crippen MR) is 124 cm³/mol. The molecule has 0 spiro atoms. The van der Waals surface area contributed by atoms with E-state index in [0.29, 0.717) is 30.3 Å². The molecule has 0 saturated heterocycles. The second kappa shape index (κ2) is 9.13. The highest BCUT2D eigenvalue weighted by atomic mass is 35.5. The van der Waals surface area contributed by atoms with E-state index in [4.69, 9.17) is 22.1 Å². The van der Waals surface area contributed by atoms with Gasteiger partial charge in [0.15, 0.2) is 0 Å². The molecule has 2 N–H and O–H groups in total. The van der Waals surface area contributed by atoms with E-state index in [1.165, 1.54) is 36.4 Å². The van der Waals surface area contributed by atoms with Gasteiger partial charge in [-0.3, -0.25) is 4.31 Å². The lowest BCUT2D eigenvalue weighted by atomic mass is 10.00. The van der Waals surface area contributed by atoms with Gasteiger partial charge in [0.2, 0.25) is 0 Å². The molecule has 0 radical (unpaired) electrons. The lowest BCUT2D eigenvalue weighted by molar-refractivity contribution is 0.0172. The monoisotopic (exact) mass is 510 g/mol. The van der Waals surface area contributed by atoms with E-state index in [2.05, 4.69) is 0 Å². The summed E-state index contributed by atoms with van der Waals surface area (Å²) < 4.78 is 75.5. The predicted octanol–water partition coefficient (Wildman–Crippen LogP) is 5.25. The van der Waals surface area contributed by atoms with Gasteiger partial charge in [-0.1, -0.05) is 35.9 Å². The fraction of sp³-hybridized carbons (Fsp3) is 0.250.